The van der Waals surface area contributed by atoms with Gasteiger partial charge in [0.1, 0.15) is 12.4 Å². The summed E-state index contributed by atoms with van der Waals surface area (Å²) in [6, 6.07) is 5.91. The van der Waals surface area contributed by atoms with E-state index in [9.17, 15) is 5.11 Å². The van der Waals surface area contributed by atoms with E-state index in [0.717, 1.165) is 30.6 Å². The average molecular weight is 239 g/mol. The van der Waals surface area contributed by atoms with Gasteiger partial charge in [0, 0.05) is 5.54 Å². The highest BCUT2D eigenvalue weighted by Gasteiger charge is 2.18. The Morgan fingerprint density at radius 2 is 2.38 bits per heavy atom. The molecule has 1 unspecified atom stereocenters. The molecule has 0 heterocycles. The zero-order chi connectivity index (χ0) is 11.4. The van der Waals surface area contributed by atoms with Crippen molar-refractivity contribution in [2.24, 2.45) is 0 Å². The lowest BCUT2D eigenvalue weighted by Gasteiger charge is -2.21. The second kappa shape index (κ2) is 5.37. The highest BCUT2D eigenvalue weighted by molar-refractivity contribution is 6.25. The summed E-state index contributed by atoms with van der Waals surface area (Å²) in [5.74, 6) is 0.787. The monoisotopic (exact) mass is 238 g/mol. The van der Waals surface area contributed by atoms with Crippen LogP contribution in [0.25, 0.3) is 0 Å². The van der Waals surface area contributed by atoms with E-state index < -0.39 is 0 Å². The summed E-state index contributed by atoms with van der Waals surface area (Å²) < 4.78 is 5.48. The van der Waals surface area contributed by atoms with Crippen molar-refractivity contribution >= 4 is 11.6 Å². The summed E-state index contributed by atoms with van der Waals surface area (Å²) in [7, 11) is 0. The third kappa shape index (κ3) is 2.57. The Hall–Kier alpha value is -0.990. The summed E-state index contributed by atoms with van der Waals surface area (Å²) in [4.78, 5) is 0. The molecular formula is C13H15ClO2. The van der Waals surface area contributed by atoms with Crippen molar-refractivity contribution in [1.29, 1.82) is 0 Å². The van der Waals surface area contributed by atoms with E-state index in [-0.39, 0.29) is 6.10 Å². The minimum absolute atomic E-state index is 0.337. The number of fused-ring (bicyclic) bond motifs is 1. The maximum atomic E-state index is 9.87. The molecule has 1 aromatic rings. The molecule has 0 saturated heterocycles. The smallest absolute Gasteiger partial charge is 0.120 e. The standard InChI is InChI=1S/C13H15ClO2/c14-7-2-8-16-11-6-5-10-3-1-4-13(15)12(10)9-11/h2,5-7,9,13,15H,1,3-4,8H2/b7-2+. The minimum atomic E-state index is -0.337. The second-order valence-corrected chi connectivity index (χ2v) is 4.19. The van der Waals surface area contributed by atoms with Gasteiger partial charge in [-0.2, -0.15) is 0 Å². The number of ether oxygens (including phenoxy) is 1. The molecule has 0 radical (unpaired) electrons. The van der Waals surface area contributed by atoms with E-state index in [2.05, 4.69) is 0 Å². The van der Waals surface area contributed by atoms with E-state index >= 15 is 0 Å². The topological polar surface area (TPSA) is 29.5 Å². The Bertz CT molecular complexity index is 388. The predicted octanol–water partition coefficient (Wildman–Crippen LogP) is 3.19. The molecule has 1 aromatic carbocycles. The molecule has 0 fully saturated rings. The fourth-order valence-corrected chi connectivity index (χ4v) is 2.10. The number of hydrogen-bond acceptors (Lipinski definition) is 2. The van der Waals surface area contributed by atoms with Gasteiger partial charge in [-0.05, 0) is 48.6 Å². The van der Waals surface area contributed by atoms with Gasteiger partial charge < -0.3 is 9.84 Å². The third-order valence-electron chi connectivity index (χ3n) is 2.84. The largest absolute Gasteiger partial charge is 0.489 e. The molecule has 0 amide bonds. The highest BCUT2D eigenvalue weighted by atomic mass is 35.5. The highest BCUT2D eigenvalue weighted by Crippen LogP contribution is 2.32. The van der Waals surface area contributed by atoms with Gasteiger partial charge in [0.15, 0.2) is 0 Å². The van der Waals surface area contributed by atoms with Crippen LogP contribution < -0.4 is 4.74 Å². The van der Waals surface area contributed by atoms with E-state index in [4.69, 9.17) is 16.3 Å². The number of aliphatic hydroxyl groups excluding tert-OH is 1. The van der Waals surface area contributed by atoms with Gasteiger partial charge >= 0.3 is 0 Å². The molecule has 16 heavy (non-hydrogen) atoms. The summed E-state index contributed by atoms with van der Waals surface area (Å²) in [6.45, 7) is 0.457. The molecule has 1 atom stereocenters. The van der Waals surface area contributed by atoms with E-state index in [1.165, 1.54) is 11.1 Å². The number of halogens is 1. The van der Waals surface area contributed by atoms with Gasteiger partial charge in [0.25, 0.3) is 0 Å². The quantitative estimate of drug-likeness (QED) is 0.877. The molecule has 0 spiro atoms. The normalized spacial score (nSPS) is 19.8. The van der Waals surface area contributed by atoms with Crippen LogP contribution in [0.2, 0.25) is 0 Å². The molecule has 0 aromatic heterocycles. The summed E-state index contributed by atoms with van der Waals surface area (Å²) in [6.07, 6.45) is 4.35. The predicted molar refractivity (Wildman–Crippen MR) is 64.8 cm³/mol. The van der Waals surface area contributed by atoms with Gasteiger partial charge in [-0.15, -0.1) is 0 Å². The van der Waals surface area contributed by atoms with Crippen molar-refractivity contribution in [1.82, 2.24) is 0 Å². The Morgan fingerprint density at radius 3 is 3.19 bits per heavy atom. The fourth-order valence-electron chi connectivity index (χ4n) is 2.02. The number of aliphatic hydroxyl groups is 1. The molecule has 0 aliphatic heterocycles. The van der Waals surface area contributed by atoms with Crippen LogP contribution in [-0.2, 0) is 6.42 Å². The van der Waals surface area contributed by atoms with Gasteiger partial charge in [0.2, 0.25) is 0 Å². The molecular weight excluding hydrogens is 224 g/mol. The Labute approximate surface area is 101 Å². The molecule has 3 heteroatoms. The first kappa shape index (κ1) is 11.5. The zero-order valence-electron chi connectivity index (χ0n) is 9.03. The van der Waals surface area contributed by atoms with Crippen molar-refractivity contribution in [2.75, 3.05) is 6.61 Å². The average Bonchev–Trinajstić information content (AvgIpc) is 2.30. The maximum absolute atomic E-state index is 9.87. The molecule has 1 aliphatic rings. The van der Waals surface area contributed by atoms with Crippen molar-refractivity contribution in [3.63, 3.8) is 0 Å². The van der Waals surface area contributed by atoms with Crippen LogP contribution in [0.3, 0.4) is 0 Å². The summed E-state index contributed by atoms with van der Waals surface area (Å²) >= 11 is 5.41. The number of hydrogen-bond donors (Lipinski definition) is 1. The minimum Gasteiger partial charge on any atom is -0.489 e. The van der Waals surface area contributed by atoms with Crippen LogP contribution in [-0.4, -0.2) is 11.7 Å². The molecule has 1 N–H and O–H groups in total. The maximum Gasteiger partial charge on any atom is 0.120 e. The Kier molecular flexibility index (Phi) is 3.86. The van der Waals surface area contributed by atoms with Crippen LogP contribution in [0.1, 0.15) is 30.1 Å². The van der Waals surface area contributed by atoms with Crippen molar-refractivity contribution < 1.29 is 9.84 Å². The lowest BCUT2D eigenvalue weighted by molar-refractivity contribution is 0.156. The number of benzene rings is 1. The molecule has 2 rings (SSSR count). The summed E-state index contributed by atoms with van der Waals surface area (Å²) in [5, 5.41) is 9.87. The Morgan fingerprint density at radius 1 is 1.50 bits per heavy atom. The molecule has 0 saturated carbocycles. The van der Waals surface area contributed by atoms with Crippen molar-refractivity contribution in [3.05, 3.63) is 40.9 Å². The molecule has 86 valence electrons. The first-order valence-corrected chi connectivity index (χ1v) is 5.94. The lowest BCUT2D eigenvalue weighted by atomic mass is 9.89. The van der Waals surface area contributed by atoms with Crippen LogP contribution in [0.15, 0.2) is 29.8 Å². The van der Waals surface area contributed by atoms with Crippen molar-refractivity contribution in [3.8, 4) is 5.75 Å². The second-order valence-electron chi connectivity index (χ2n) is 3.94. The number of rotatable bonds is 3. The van der Waals surface area contributed by atoms with Crippen molar-refractivity contribution in [2.45, 2.75) is 25.4 Å². The SMILES string of the molecule is OC1CCCc2ccc(OC/C=C/Cl)cc21. The third-order valence-corrected chi connectivity index (χ3v) is 3.01. The first-order valence-electron chi connectivity index (χ1n) is 5.50. The summed E-state index contributed by atoms with van der Waals surface area (Å²) in [5.41, 5.74) is 3.69. The van der Waals surface area contributed by atoms with Crippen LogP contribution in [0.5, 0.6) is 5.75 Å². The van der Waals surface area contributed by atoms with E-state index in [1.54, 1.807) is 6.08 Å². The van der Waals surface area contributed by atoms with Gasteiger partial charge in [-0.25, -0.2) is 0 Å². The zero-order valence-corrected chi connectivity index (χ0v) is 9.78. The Balaban J connectivity index is 2.14. The first-order chi connectivity index (χ1) is 7.81. The lowest BCUT2D eigenvalue weighted by Crippen LogP contribution is -2.09. The van der Waals surface area contributed by atoms with Crippen LogP contribution in [0, 0.1) is 0 Å². The van der Waals surface area contributed by atoms with E-state index in [1.807, 2.05) is 18.2 Å². The van der Waals surface area contributed by atoms with Gasteiger partial charge in [-0.1, -0.05) is 17.7 Å². The van der Waals surface area contributed by atoms with Crippen LogP contribution >= 0.6 is 11.6 Å². The van der Waals surface area contributed by atoms with E-state index in [0.29, 0.717) is 6.61 Å². The number of aryl methyl sites for hydroxylation is 1. The fraction of sp³-hybridized carbons (Fsp3) is 0.385. The van der Waals surface area contributed by atoms with Crippen LogP contribution in [0.4, 0.5) is 0 Å². The molecule has 0 bridgehead atoms. The van der Waals surface area contributed by atoms with Gasteiger partial charge in [-0.3, -0.25) is 0 Å². The molecule has 2 nitrogen and oxygen atoms in total. The van der Waals surface area contributed by atoms with Gasteiger partial charge in [0.05, 0.1) is 6.10 Å². The molecule has 1 aliphatic carbocycles.